The molecule has 2 saturated heterocycles. The van der Waals surface area contributed by atoms with E-state index >= 15 is 0 Å². The highest BCUT2D eigenvalue weighted by molar-refractivity contribution is 6.30. The van der Waals surface area contributed by atoms with Gasteiger partial charge in [0, 0.05) is 22.9 Å². The fourth-order valence-electron chi connectivity index (χ4n) is 5.54. The van der Waals surface area contributed by atoms with Crippen molar-refractivity contribution in [2.75, 3.05) is 0 Å². The van der Waals surface area contributed by atoms with E-state index in [9.17, 15) is 23.1 Å². The molecule has 0 radical (unpaired) electrons. The van der Waals surface area contributed by atoms with Gasteiger partial charge < -0.3 is 24.3 Å². The van der Waals surface area contributed by atoms with Gasteiger partial charge in [-0.25, -0.2) is 0 Å². The van der Waals surface area contributed by atoms with Crippen molar-refractivity contribution in [3.63, 3.8) is 0 Å². The van der Waals surface area contributed by atoms with E-state index in [0.29, 0.717) is 41.0 Å². The number of ether oxygens (including phenoxy) is 3. The van der Waals surface area contributed by atoms with Crippen molar-refractivity contribution < 1.29 is 41.7 Å². The molecule has 6 rings (SSSR count). The summed E-state index contributed by atoms with van der Waals surface area (Å²) in [5.74, 6) is 0.421. The normalized spacial score (nSPS) is 35.1. The van der Waals surface area contributed by atoms with E-state index in [4.69, 9.17) is 25.5 Å². The zero-order valence-corrected chi connectivity index (χ0v) is 19.5. The van der Waals surface area contributed by atoms with Crippen LogP contribution in [0.15, 0.2) is 22.6 Å². The Morgan fingerprint density at radius 3 is 2.61 bits per heavy atom. The minimum atomic E-state index is -4.65. The van der Waals surface area contributed by atoms with Crippen LogP contribution in [-0.2, 0) is 14.3 Å². The van der Waals surface area contributed by atoms with E-state index in [1.165, 1.54) is 0 Å². The fraction of sp³-hybridized carbons (Fsp3) is 0.609. The second-order valence-corrected chi connectivity index (χ2v) is 10.2. The first-order valence-corrected chi connectivity index (χ1v) is 12.2. The number of aliphatic hydroxyl groups excluding tert-OH is 1. The lowest BCUT2D eigenvalue weighted by Crippen LogP contribution is -2.49. The molecule has 9 nitrogen and oxygen atoms in total. The molecule has 3 fully saturated rings. The smallest absolute Gasteiger partial charge is 0.480 e. The van der Waals surface area contributed by atoms with E-state index < -0.39 is 24.7 Å². The van der Waals surface area contributed by atoms with Crippen LogP contribution < -0.4 is 10.1 Å². The summed E-state index contributed by atoms with van der Waals surface area (Å²) < 4.78 is 58.6. The van der Waals surface area contributed by atoms with Crippen molar-refractivity contribution in [2.24, 2.45) is 0 Å². The average molecular weight is 530 g/mol. The first kappa shape index (κ1) is 24.0. The molecule has 2 bridgehead atoms. The van der Waals surface area contributed by atoms with Gasteiger partial charge in [-0.2, -0.15) is 0 Å². The third-order valence-electron chi connectivity index (χ3n) is 7.39. The maximum absolute atomic E-state index is 12.9. The third-order valence-corrected chi connectivity index (χ3v) is 7.63. The second kappa shape index (κ2) is 8.86. The van der Waals surface area contributed by atoms with Crippen molar-refractivity contribution in [1.29, 1.82) is 0 Å². The van der Waals surface area contributed by atoms with Crippen LogP contribution in [-0.4, -0.2) is 58.0 Å². The quantitative estimate of drug-likeness (QED) is 0.604. The number of hydrogen-bond acceptors (Lipinski definition) is 8. The molecule has 3 aliphatic heterocycles. The molecular weight excluding hydrogens is 507 g/mol. The van der Waals surface area contributed by atoms with Crippen molar-refractivity contribution >= 4 is 17.5 Å². The number of hydrogen-bond donors (Lipinski definition) is 2. The fourth-order valence-corrected chi connectivity index (χ4v) is 5.72. The predicted molar refractivity (Wildman–Crippen MR) is 115 cm³/mol. The molecule has 1 saturated carbocycles. The molecule has 1 aliphatic carbocycles. The van der Waals surface area contributed by atoms with E-state index in [1.54, 1.807) is 18.2 Å². The second-order valence-electron chi connectivity index (χ2n) is 9.78. The Kier molecular flexibility index (Phi) is 5.90. The number of alkyl halides is 3. The average Bonchev–Trinajstić information content (AvgIpc) is 3.51. The molecule has 1 amide bonds. The number of halogens is 4. The summed E-state index contributed by atoms with van der Waals surface area (Å²) in [5, 5.41) is 22.0. The number of nitrogens with one attached hydrogen (secondary N) is 1. The Morgan fingerprint density at radius 1 is 1.11 bits per heavy atom. The SMILES string of the molecule is O=C(N[C@@H]1C[C@@H]2O[C@H]1C[C@H]2c1nnc(C2CC(OC(F)(F)F)C2)o1)[C@@H]1C[C@@H](O)c2cc(Cl)ccc2O1. The van der Waals surface area contributed by atoms with Crippen LogP contribution in [0.1, 0.15) is 67.4 Å². The Morgan fingerprint density at radius 2 is 1.89 bits per heavy atom. The van der Waals surface area contributed by atoms with E-state index in [2.05, 4.69) is 20.3 Å². The van der Waals surface area contributed by atoms with Crippen LogP contribution in [0.3, 0.4) is 0 Å². The molecule has 0 unspecified atom stereocenters. The van der Waals surface area contributed by atoms with Crippen molar-refractivity contribution in [2.45, 2.75) is 86.9 Å². The molecular formula is C23H23ClF3N3O6. The lowest BCUT2D eigenvalue weighted by atomic mass is 9.82. The van der Waals surface area contributed by atoms with Gasteiger partial charge >= 0.3 is 6.36 Å². The monoisotopic (exact) mass is 529 g/mol. The van der Waals surface area contributed by atoms with Crippen molar-refractivity contribution in [1.82, 2.24) is 15.5 Å². The number of amides is 1. The largest absolute Gasteiger partial charge is 0.522 e. The first-order valence-electron chi connectivity index (χ1n) is 11.8. The van der Waals surface area contributed by atoms with Crippen molar-refractivity contribution in [3.05, 3.63) is 40.6 Å². The standard InChI is InChI=1S/C23H23ClF3N3O6/c24-10-1-2-16-12(5-10)15(31)8-19(33-16)20(32)28-14-7-17-13(6-18(14)34-17)22-30-29-21(35-22)9-3-11(4-9)36-23(25,26)27/h1-2,5,9,11,13-15,17-19,31H,3-4,6-8H2,(H,28,32)/t9?,11?,13-,14-,15-,17+,18+,19+/m1/s1. The minimum Gasteiger partial charge on any atom is -0.480 e. The molecule has 4 aliphatic rings. The minimum absolute atomic E-state index is 0.115. The molecule has 6 atom stereocenters. The number of nitrogens with zero attached hydrogens (tertiary/aromatic N) is 2. The Hall–Kier alpha value is -2.41. The summed E-state index contributed by atoms with van der Waals surface area (Å²) in [6, 6.07) is 4.68. The number of rotatable bonds is 5. The summed E-state index contributed by atoms with van der Waals surface area (Å²) in [5.41, 5.74) is 0.557. The Bertz CT molecular complexity index is 1160. The maximum Gasteiger partial charge on any atom is 0.522 e. The van der Waals surface area contributed by atoms with Crippen LogP contribution in [0.2, 0.25) is 5.02 Å². The molecule has 36 heavy (non-hydrogen) atoms. The Labute approximate surface area is 208 Å². The zero-order valence-electron chi connectivity index (χ0n) is 18.8. The van der Waals surface area contributed by atoms with Crippen LogP contribution in [0.4, 0.5) is 13.2 Å². The predicted octanol–water partition coefficient (Wildman–Crippen LogP) is 3.52. The van der Waals surface area contributed by atoms with Gasteiger partial charge in [-0.3, -0.25) is 9.53 Å². The molecule has 2 N–H and O–H groups in total. The highest BCUT2D eigenvalue weighted by Gasteiger charge is 2.51. The summed E-state index contributed by atoms with van der Waals surface area (Å²) >= 11 is 5.98. The molecule has 13 heteroatoms. The summed E-state index contributed by atoms with van der Waals surface area (Å²) in [4.78, 5) is 12.9. The molecule has 4 heterocycles. The molecule has 2 aromatic rings. The lowest BCUT2D eigenvalue weighted by molar-refractivity contribution is -0.352. The number of carbonyl (C=O) groups excluding carboxylic acids is 1. The van der Waals surface area contributed by atoms with Gasteiger partial charge in [0.25, 0.3) is 5.91 Å². The highest BCUT2D eigenvalue weighted by atomic mass is 35.5. The van der Waals surface area contributed by atoms with Gasteiger partial charge in [-0.1, -0.05) is 11.6 Å². The topological polar surface area (TPSA) is 116 Å². The van der Waals surface area contributed by atoms with Crippen LogP contribution >= 0.6 is 11.6 Å². The van der Waals surface area contributed by atoms with Gasteiger partial charge in [0.05, 0.1) is 36.4 Å². The number of fused-ring (bicyclic) bond motifs is 3. The number of benzene rings is 1. The summed E-state index contributed by atoms with van der Waals surface area (Å²) in [7, 11) is 0. The van der Waals surface area contributed by atoms with Crippen LogP contribution in [0.5, 0.6) is 5.75 Å². The Balaban J connectivity index is 1.02. The van der Waals surface area contributed by atoms with Gasteiger partial charge in [-0.15, -0.1) is 23.4 Å². The van der Waals surface area contributed by atoms with E-state index in [0.717, 1.165) is 0 Å². The number of carbonyl (C=O) groups is 1. The molecule has 194 valence electrons. The number of aliphatic hydroxyl groups is 1. The molecule has 0 spiro atoms. The molecule has 1 aromatic heterocycles. The first-order chi connectivity index (χ1) is 17.1. The van der Waals surface area contributed by atoms with Gasteiger partial charge in [-0.05, 0) is 43.9 Å². The van der Waals surface area contributed by atoms with Crippen molar-refractivity contribution in [3.8, 4) is 5.75 Å². The van der Waals surface area contributed by atoms with Gasteiger partial charge in [0.1, 0.15) is 5.75 Å². The van der Waals surface area contributed by atoms with Gasteiger partial charge in [0.15, 0.2) is 6.10 Å². The molecule has 1 aromatic carbocycles. The van der Waals surface area contributed by atoms with Gasteiger partial charge in [0.2, 0.25) is 11.8 Å². The summed E-state index contributed by atoms with van der Waals surface area (Å²) in [6.45, 7) is 0. The summed E-state index contributed by atoms with van der Waals surface area (Å²) in [6.07, 6.45) is -6.12. The zero-order chi connectivity index (χ0) is 25.2. The highest BCUT2D eigenvalue weighted by Crippen LogP contribution is 2.46. The maximum atomic E-state index is 12.9. The van der Waals surface area contributed by atoms with E-state index in [1.807, 2.05) is 0 Å². The van der Waals surface area contributed by atoms with E-state index in [-0.39, 0.29) is 55.3 Å². The lowest BCUT2D eigenvalue weighted by Gasteiger charge is -2.32. The number of aromatic nitrogens is 2. The third kappa shape index (κ3) is 4.55. The van der Waals surface area contributed by atoms with Crippen LogP contribution in [0.25, 0.3) is 0 Å². The van der Waals surface area contributed by atoms with Crippen LogP contribution in [0, 0.1) is 0 Å².